The smallest absolute Gasteiger partial charge is 0.252 e. The molecule has 0 spiro atoms. The minimum absolute atomic E-state index is 0.0503. The molecule has 2 aliphatic heterocycles. The SMILES string of the molecule is CC(C)(C)c1ccc2c(c1)c1cc(C(C)(C)C)ccc1n2-c1ccc(-c2cc(-c3ccccc3)nc(-c3ccccc3)n2)cc1-c1nc(-c2ccccc2)cc(-c2cccc(-c3cccc(N4c5ccccc5B5c6ccccc6N(c6ccccc6)c6cccc4c65)c3)c2)n1. The van der Waals surface area contributed by atoms with Crippen LogP contribution in [0, 0.1) is 0 Å². The van der Waals surface area contributed by atoms with Gasteiger partial charge in [0.15, 0.2) is 11.6 Å². The van der Waals surface area contributed by atoms with E-state index < -0.39 is 0 Å². The van der Waals surface area contributed by atoms with E-state index in [1.54, 1.807) is 0 Å². The van der Waals surface area contributed by atoms with Gasteiger partial charge in [0.25, 0.3) is 6.71 Å². The highest BCUT2D eigenvalue weighted by atomic mass is 15.2. The number of para-hydroxylation sites is 3. The fourth-order valence-electron chi connectivity index (χ4n) is 14.5. The molecule has 15 aromatic rings. The lowest BCUT2D eigenvalue weighted by molar-refractivity contribution is 0.590. The van der Waals surface area contributed by atoms with E-state index in [9.17, 15) is 0 Å². The van der Waals surface area contributed by atoms with Crippen molar-refractivity contribution in [2.45, 2.75) is 52.4 Å². The predicted molar refractivity (Wildman–Crippen MR) is 401 cm³/mol. The number of hydrogen-bond donors (Lipinski definition) is 0. The van der Waals surface area contributed by atoms with Crippen LogP contribution in [0.2, 0.25) is 0 Å². The minimum atomic E-state index is -0.0699. The Hall–Kier alpha value is -11.7. The third-order valence-corrected chi connectivity index (χ3v) is 19.3. The van der Waals surface area contributed by atoms with Crippen molar-refractivity contribution in [3.05, 3.63) is 314 Å². The van der Waals surface area contributed by atoms with Crippen molar-refractivity contribution >= 4 is 79.0 Å². The second kappa shape index (κ2) is 23.1. The Morgan fingerprint density at radius 2 is 0.688 bits per heavy atom. The fourth-order valence-corrected chi connectivity index (χ4v) is 14.5. The van der Waals surface area contributed by atoms with Crippen LogP contribution in [0.5, 0.6) is 0 Å². The first-order chi connectivity index (χ1) is 46.9. The van der Waals surface area contributed by atoms with E-state index in [2.05, 4.69) is 335 Å². The summed E-state index contributed by atoms with van der Waals surface area (Å²) in [4.78, 5) is 26.9. The molecule has 7 nitrogen and oxygen atoms in total. The lowest BCUT2D eigenvalue weighted by Gasteiger charge is -2.44. The maximum Gasteiger partial charge on any atom is 0.252 e. The third kappa shape index (κ3) is 10.2. The molecule has 0 radical (unpaired) electrons. The van der Waals surface area contributed by atoms with Crippen molar-refractivity contribution in [1.29, 1.82) is 0 Å². The number of hydrogen-bond acceptors (Lipinski definition) is 6. The second-order valence-corrected chi connectivity index (χ2v) is 27.5. The molecule has 5 heterocycles. The van der Waals surface area contributed by atoms with E-state index in [1.165, 1.54) is 61.0 Å². The van der Waals surface area contributed by atoms with Gasteiger partial charge in [0.05, 0.1) is 39.5 Å². The van der Waals surface area contributed by atoms with Gasteiger partial charge < -0.3 is 14.4 Å². The van der Waals surface area contributed by atoms with Crippen LogP contribution in [0.4, 0.5) is 34.1 Å². The van der Waals surface area contributed by atoms with Crippen molar-refractivity contribution in [2.75, 3.05) is 9.80 Å². The van der Waals surface area contributed by atoms with Crippen LogP contribution < -0.4 is 26.2 Å². The summed E-state index contributed by atoms with van der Waals surface area (Å²) in [6, 6.07) is 110. The Labute approximate surface area is 561 Å². The molecule has 0 amide bonds. The third-order valence-electron chi connectivity index (χ3n) is 19.3. The van der Waals surface area contributed by atoms with E-state index >= 15 is 0 Å². The Morgan fingerprint density at radius 1 is 0.281 bits per heavy atom. The van der Waals surface area contributed by atoms with Crippen molar-refractivity contribution in [2.24, 2.45) is 0 Å². The van der Waals surface area contributed by atoms with E-state index in [1.807, 2.05) is 24.3 Å². The van der Waals surface area contributed by atoms with Crippen LogP contribution in [-0.4, -0.2) is 31.2 Å². The van der Waals surface area contributed by atoms with Gasteiger partial charge in [0, 0.05) is 78.3 Å². The molecule has 3 aromatic heterocycles. The average Bonchev–Trinajstić information content (AvgIpc) is 0.793. The van der Waals surface area contributed by atoms with Gasteiger partial charge >= 0.3 is 0 Å². The zero-order valence-electron chi connectivity index (χ0n) is 54.6. The largest absolute Gasteiger partial charge is 0.311 e. The molecule has 17 rings (SSSR count). The van der Waals surface area contributed by atoms with Crippen LogP contribution in [0.3, 0.4) is 0 Å². The molecule has 96 heavy (non-hydrogen) atoms. The van der Waals surface area contributed by atoms with Gasteiger partial charge in [-0.15, -0.1) is 0 Å². The van der Waals surface area contributed by atoms with E-state index in [0.29, 0.717) is 11.6 Å². The molecule has 0 atom stereocenters. The quantitative estimate of drug-likeness (QED) is 0.127. The summed E-state index contributed by atoms with van der Waals surface area (Å²) >= 11 is 0. The molecular formula is C88H68BN7. The van der Waals surface area contributed by atoms with Gasteiger partial charge in [-0.2, -0.15) is 0 Å². The van der Waals surface area contributed by atoms with Gasteiger partial charge in [-0.3, -0.25) is 0 Å². The Morgan fingerprint density at radius 3 is 1.24 bits per heavy atom. The van der Waals surface area contributed by atoms with E-state index in [-0.39, 0.29) is 17.5 Å². The molecule has 0 fully saturated rings. The first-order valence-electron chi connectivity index (χ1n) is 33.2. The fraction of sp³-hybridized carbons (Fsp3) is 0.0909. The lowest BCUT2D eigenvalue weighted by atomic mass is 9.33. The van der Waals surface area contributed by atoms with E-state index in [0.717, 1.165) is 95.4 Å². The molecule has 0 bridgehead atoms. The van der Waals surface area contributed by atoms with Crippen molar-refractivity contribution in [3.63, 3.8) is 0 Å². The molecule has 0 unspecified atom stereocenters. The normalized spacial score (nSPS) is 12.6. The predicted octanol–water partition coefficient (Wildman–Crippen LogP) is 20.7. The molecule has 0 saturated carbocycles. The summed E-state index contributed by atoms with van der Waals surface area (Å²) in [5.74, 6) is 1.24. The summed E-state index contributed by atoms with van der Waals surface area (Å²) in [5.41, 5.74) is 27.5. The van der Waals surface area contributed by atoms with Gasteiger partial charge in [-0.1, -0.05) is 242 Å². The minimum Gasteiger partial charge on any atom is -0.311 e. The van der Waals surface area contributed by atoms with Gasteiger partial charge in [-0.05, 0) is 153 Å². The van der Waals surface area contributed by atoms with Gasteiger partial charge in [0.1, 0.15) is 0 Å². The van der Waals surface area contributed by atoms with Crippen LogP contribution in [0.1, 0.15) is 52.7 Å². The standard InChI is InChI=1S/C88H68BN7/c1-87(2,3)64-45-48-77-68(53-64)69-54-65(88(4,5)6)46-49-78(69)96(77)79-47-44-63(76-55-73(57-26-11-7-12-27-57)90-85(91-76)59-30-15-9-16-31-59)52-70(79)86-92-74(58-28-13-8-14-29-58)56-75(93-86)62-34-23-32-60(50-62)61-33-24-37-67(51-61)95-81-41-22-20-39-72(81)89-71-38-19-21-40-80(71)94(66-35-17-10-18-36-66)82-42-25-43-83(95)84(82)89/h7-56H,1-6H3. The number of anilines is 6. The molecule has 0 saturated heterocycles. The summed E-state index contributed by atoms with van der Waals surface area (Å²) in [5, 5.41) is 2.40. The average molecular weight is 1230 g/mol. The highest BCUT2D eigenvalue weighted by molar-refractivity contribution is 7.00. The summed E-state index contributed by atoms with van der Waals surface area (Å²) in [6.45, 7) is 13.8. The van der Waals surface area contributed by atoms with Crippen LogP contribution >= 0.6 is 0 Å². The Kier molecular flexibility index (Phi) is 14.0. The lowest BCUT2D eigenvalue weighted by Crippen LogP contribution is -2.61. The highest BCUT2D eigenvalue weighted by Gasteiger charge is 2.43. The van der Waals surface area contributed by atoms with Crippen molar-refractivity contribution < 1.29 is 0 Å². The first kappa shape index (κ1) is 58.1. The molecule has 8 heteroatoms. The number of aromatic nitrogens is 5. The number of fused-ring (bicyclic) bond motifs is 7. The molecule has 0 aliphatic carbocycles. The Balaban J connectivity index is 0.849. The highest BCUT2D eigenvalue weighted by Crippen LogP contribution is 2.46. The van der Waals surface area contributed by atoms with Crippen LogP contribution in [-0.2, 0) is 10.8 Å². The molecule has 2 aliphatic rings. The monoisotopic (exact) mass is 1230 g/mol. The van der Waals surface area contributed by atoms with Crippen LogP contribution in [0.15, 0.2) is 303 Å². The number of benzene rings is 12. The molecule has 12 aromatic carbocycles. The van der Waals surface area contributed by atoms with Gasteiger partial charge in [0.2, 0.25) is 0 Å². The maximum atomic E-state index is 5.77. The topological polar surface area (TPSA) is 63.0 Å². The maximum absolute atomic E-state index is 5.77. The summed E-state index contributed by atoms with van der Waals surface area (Å²) in [7, 11) is 0. The summed E-state index contributed by atoms with van der Waals surface area (Å²) < 4.78 is 2.43. The second-order valence-electron chi connectivity index (χ2n) is 27.5. The Bertz CT molecular complexity index is 5390. The zero-order chi connectivity index (χ0) is 64.8. The van der Waals surface area contributed by atoms with Crippen LogP contribution in [0.25, 0.3) is 106 Å². The zero-order valence-corrected chi connectivity index (χ0v) is 54.6. The molecule has 458 valence electrons. The van der Waals surface area contributed by atoms with Crippen molar-refractivity contribution in [3.8, 4) is 84.6 Å². The van der Waals surface area contributed by atoms with Crippen molar-refractivity contribution in [1.82, 2.24) is 24.5 Å². The van der Waals surface area contributed by atoms with E-state index in [4.69, 9.17) is 19.9 Å². The number of nitrogens with zero attached hydrogens (tertiary/aromatic N) is 7. The number of rotatable bonds is 10. The molecular weight excluding hydrogens is 1170 g/mol. The first-order valence-corrected chi connectivity index (χ1v) is 33.2. The van der Waals surface area contributed by atoms with Gasteiger partial charge in [-0.25, -0.2) is 19.9 Å². The summed E-state index contributed by atoms with van der Waals surface area (Å²) in [6.07, 6.45) is 0. The molecule has 0 N–H and O–H groups in total.